The molecule has 0 radical (unpaired) electrons. The summed E-state index contributed by atoms with van der Waals surface area (Å²) in [6, 6.07) is 16.0. The van der Waals surface area contributed by atoms with Crippen LogP contribution in [0.3, 0.4) is 0 Å². The van der Waals surface area contributed by atoms with Crippen molar-refractivity contribution < 1.29 is 17.9 Å². The summed E-state index contributed by atoms with van der Waals surface area (Å²) in [5.74, 6) is 0.182. The number of rotatable bonds is 5. The zero-order chi connectivity index (χ0) is 18.7. The molecule has 0 aliphatic carbocycles. The smallest absolute Gasteiger partial charge is 0.268 e. The van der Waals surface area contributed by atoms with Crippen molar-refractivity contribution in [1.82, 2.24) is 0 Å². The number of sulfone groups is 1. The van der Waals surface area contributed by atoms with Crippen LogP contribution in [-0.4, -0.2) is 32.2 Å². The van der Waals surface area contributed by atoms with Gasteiger partial charge in [0.2, 0.25) is 0 Å². The molecular weight excluding hydrogens is 350 g/mol. The van der Waals surface area contributed by atoms with Crippen LogP contribution in [0.4, 0.5) is 5.69 Å². The van der Waals surface area contributed by atoms with Gasteiger partial charge in [-0.25, -0.2) is 8.42 Å². The first-order valence-corrected chi connectivity index (χ1v) is 10.1. The van der Waals surface area contributed by atoms with Gasteiger partial charge in [0.25, 0.3) is 5.91 Å². The Bertz CT molecular complexity index is 905. The van der Waals surface area contributed by atoms with Crippen molar-refractivity contribution in [3.63, 3.8) is 0 Å². The molecule has 0 aromatic heterocycles. The van der Waals surface area contributed by atoms with Crippen LogP contribution in [0.15, 0.2) is 66.1 Å². The van der Waals surface area contributed by atoms with E-state index in [-0.39, 0.29) is 11.7 Å². The summed E-state index contributed by atoms with van der Waals surface area (Å²) in [5, 5.41) is 1.18. The fourth-order valence-corrected chi connectivity index (χ4v) is 4.13. The summed E-state index contributed by atoms with van der Waals surface area (Å²) >= 11 is 0. The number of hydrogen-bond donors (Lipinski definition) is 0. The maximum atomic E-state index is 13.1. The summed E-state index contributed by atoms with van der Waals surface area (Å²) in [5.41, 5.74) is 1.71. The minimum absolute atomic E-state index is 0.120. The fourth-order valence-electron chi connectivity index (χ4n) is 2.86. The van der Waals surface area contributed by atoms with Crippen molar-refractivity contribution in [3.05, 3.63) is 71.6 Å². The molecule has 5 nitrogen and oxygen atoms in total. The van der Waals surface area contributed by atoms with Gasteiger partial charge in [-0.15, -0.1) is 0 Å². The minimum atomic E-state index is -3.29. The highest BCUT2D eigenvalue weighted by atomic mass is 32.2. The number of carbonyl (C=O) groups is 1. The second-order valence-electron chi connectivity index (χ2n) is 6.34. The van der Waals surface area contributed by atoms with Crippen LogP contribution in [0.1, 0.15) is 12.5 Å². The van der Waals surface area contributed by atoms with Crippen LogP contribution in [0.25, 0.3) is 0 Å². The Balaban J connectivity index is 1.88. The van der Waals surface area contributed by atoms with Gasteiger partial charge >= 0.3 is 0 Å². The molecule has 0 saturated heterocycles. The average molecular weight is 371 g/mol. The van der Waals surface area contributed by atoms with Gasteiger partial charge in [-0.1, -0.05) is 35.9 Å². The van der Waals surface area contributed by atoms with Crippen LogP contribution >= 0.6 is 0 Å². The maximum absolute atomic E-state index is 13.1. The van der Waals surface area contributed by atoms with Gasteiger partial charge in [0.15, 0.2) is 15.9 Å². The number of nitrogens with zero attached hydrogens (tertiary/aromatic N) is 1. The van der Waals surface area contributed by atoms with Gasteiger partial charge in [-0.3, -0.25) is 4.79 Å². The van der Waals surface area contributed by atoms with E-state index >= 15 is 0 Å². The molecule has 1 aliphatic rings. The number of hydrogen-bond acceptors (Lipinski definition) is 4. The highest BCUT2D eigenvalue weighted by Crippen LogP contribution is 2.25. The highest BCUT2D eigenvalue weighted by molar-refractivity contribution is 7.94. The van der Waals surface area contributed by atoms with Crippen molar-refractivity contribution in [1.29, 1.82) is 0 Å². The zero-order valence-corrected chi connectivity index (χ0v) is 15.5. The number of anilines is 1. The van der Waals surface area contributed by atoms with Crippen molar-refractivity contribution in [3.8, 4) is 5.75 Å². The summed E-state index contributed by atoms with van der Waals surface area (Å²) in [6.07, 6.45) is 0.804. The molecule has 0 saturated carbocycles. The largest absolute Gasteiger partial charge is 0.481 e. The van der Waals surface area contributed by atoms with Gasteiger partial charge in [-0.2, -0.15) is 0 Å². The Morgan fingerprint density at radius 3 is 2.35 bits per heavy atom. The molecular formula is C20H21NO4S. The van der Waals surface area contributed by atoms with E-state index in [1.165, 1.54) is 10.3 Å². The molecule has 2 aromatic carbocycles. The first-order valence-electron chi connectivity index (χ1n) is 8.38. The van der Waals surface area contributed by atoms with E-state index in [2.05, 4.69) is 0 Å². The maximum Gasteiger partial charge on any atom is 0.268 e. The van der Waals surface area contributed by atoms with Crippen molar-refractivity contribution in [2.24, 2.45) is 0 Å². The first-order chi connectivity index (χ1) is 12.4. The van der Waals surface area contributed by atoms with Gasteiger partial charge in [0.1, 0.15) is 5.75 Å². The quantitative estimate of drug-likeness (QED) is 0.810. The van der Waals surface area contributed by atoms with E-state index in [1.807, 2.05) is 49.4 Å². The van der Waals surface area contributed by atoms with E-state index < -0.39 is 22.0 Å². The number of amides is 1. The summed E-state index contributed by atoms with van der Waals surface area (Å²) < 4.78 is 29.5. The van der Waals surface area contributed by atoms with E-state index in [4.69, 9.17) is 4.74 Å². The van der Waals surface area contributed by atoms with Gasteiger partial charge in [-0.05, 0) is 44.2 Å². The third-order valence-corrected chi connectivity index (χ3v) is 5.57. The predicted molar refractivity (Wildman–Crippen MR) is 102 cm³/mol. The molecule has 26 heavy (non-hydrogen) atoms. The van der Waals surface area contributed by atoms with Gasteiger partial charge in [0, 0.05) is 11.1 Å². The second-order valence-corrected chi connectivity index (χ2v) is 8.27. The Kier molecular flexibility index (Phi) is 5.13. The van der Waals surface area contributed by atoms with Crippen LogP contribution < -0.4 is 9.64 Å². The fraction of sp³-hybridized carbons (Fsp3) is 0.250. The normalized spacial score (nSPS) is 19.1. The molecule has 1 aliphatic heterocycles. The van der Waals surface area contributed by atoms with Gasteiger partial charge < -0.3 is 9.64 Å². The van der Waals surface area contributed by atoms with E-state index in [0.717, 1.165) is 5.56 Å². The number of aryl methyl sites for hydroxylation is 1. The lowest BCUT2D eigenvalue weighted by molar-refractivity contribution is -0.124. The molecule has 6 heteroatoms. The van der Waals surface area contributed by atoms with E-state index in [0.29, 0.717) is 11.4 Å². The SMILES string of the molecule is Cc1ccc(N(C(=O)[C@@H](C)Oc2ccccc2)[C@@H]2C=CS(=O)(=O)C2)cc1. The van der Waals surface area contributed by atoms with Crippen molar-refractivity contribution in [2.45, 2.75) is 26.0 Å². The molecule has 0 spiro atoms. The molecule has 2 atom stereocenters. The van der Waals surface area contributed by atoms with E-state index in [1.54, 1.807) is 25.1 Å². The van der Waals surface area contributed by atoms with Crippen molar-refractivity contribution in [2.75, 3.05) is 10.7 Å². The molecule has 1 amide bonds. The average Bonchev–Trinajstić information content (AvgIpc) is 2.97. The summed E-state index contributed by atoms with van der Waals surface area (Å²) in [4.78, 5) is 14.6. The third-order valence-electron chi connectivity index (χ3n) is 4.20. The summed E-state index contributed by atoms with van der Waals surface area (Å²) in [7, 11) is -3.29. The molecule has 0 fully saturated rings. The molecule has 1 heterocycles. The predicted octanol–water partition coefficient (Wildman–Crippen LogP) is 3.11. The highest BCUT2D eigenvalue weighted by Gasteiger charge is 2.34. The lowest BCUT2D eigenvalue weighted by Crippen LogP contribution is -2.47. The lowest BCUT2D eigenvalue weighted by atomic mass is 10.1. The van der Waals surface area contributed by atoms with Crippen LogP contribution in [0.5, 0.6) is 5.75 Å². The Hall–Kier alpha value is -2.60. The lowest BCUT2D eigenvalue weighted by Gasteiger charge is -2.30. The zero-order valence-electron chi connectivity index (χ0n) is 14.7. The topological polar surface area (TPSA) is 63.7 Å². The standard InChI is InChI=1S/C20H21NO4S/c1-15-8-10-17(11-9-15)21(18-12-13-26(23,24)14-18)20(22)16(2)25-19-6-4-3-5-7-19/h3-13,16,18H,14H2,1-2H3/t16-,18-/m1/s1. The monoisotopic (exact) mass is 371 g/mol. The van der Waals surface area contributed by atoms with E-state index in [9.17, 15) is 13.2 Å². The molecule has 0 N–H and O–H groups in total. The molecule has 2 aromatic rings. The minimum Gasteiger partial charge on any atom is -0.481 e. The number of benzene rings is 2. The Morgan fingerprint density at radius 1 is 1.12 bits per heavy atom. The Labute approximate surface area is 153 Å². The Morgan fingerprint density at radius 2 is 1.77 bits per heavy atom. The number of ether oxygens (including phenoxy) is 1. The molecule has 136 valence electrons. The number of para-hydroxylation sites is 1. The van der Waals surface area contributed by atoms with Crippen LogP contribution in [-0.2, 0) is 14.6 Å². The third kappa shape index (κ3) is 4.14. The molecule has 0 unspecified atom stereocenters. The first kappa shape index (κ1) is 18.2. The summed E-state index contributed by atoms with van der Waals surface area (Å²) in [6.45, 7) is 3.63. The van der Waals surface area contributed by atoms with Crippen LogP contribution in [0, 0.1) is 6.92 Å². The van der Waals surface area contributed by atoms with Crippen molar-refractivity contribution >= 4 is 21.4 Å². The van der Waals surface area contributed by atoms with Crippen LogP contribution in [0.2, 0.25) is 0 Å². The molecule has 3 rings (SSSR count). The number of carbonyl (C=O) groups excluding carboxylic acids is 1. The molecule has 0 bridgehead atoms. The second kappa shape index (κ2) is 7.33. The van der Waals surface area contributed by atoms with Gasteiger partial charge in [0.05, 0.1) is 11.8 Å².